The van der Waals surface area contributed by atoms with Crippen LogP contribution in [0.4, 0.5) is 0 Å². The van der Waals surface area contributed by atoms with Gasteiger partial charge >= 0.3 is 0 Å². The summed E-state index contributed by atoms with van der Waals surface area (Å²) >= 11 is 0. The Hall–Kier alpha value is -0.0800. The number of rotatable bonds is 5. The van der Waals surface area contributed by atoms with Crippen molar-refractivity contribution in [2.75, 3.05) is 6.54 Å². The van der Waals surface area contributed by atoms with E-state index in [1.165, 1.54) is 13.0 Å². The molecule has 0 heterocycles. The van der Waals surface area contributed by atoms with E-state index in [0.717, 1.165) is 25.8 Å². The van der Waals surface area contributed by atoms with Gasteiger partial charge in [-0.1, -0.05) is 12.8 Å². The van der Waals surface area contributed by atoms with Gasteiger partial charge in [-0.3, -0.25) is 5.73 Å². The summed E-state index contributed by atoms with van der Waals surface area (Å²) in [4.78, 5) is 0. The number of nitrogens with one attached hydrogen (secondary N) is 1. The van der Waals surface area contributed by atoms with Crippen molar-refractivity contribution in [2.45, 2.75) is 25.7 Å². The molecule has 0 aromatic heterocycles. The van der Waals surface area contributed by atoms with Crippen LogP contribution in [0.15, 0.2) is 0 Å². The number of hydrogen-bond donors (Lipinski definition) is 1. The highest BCUT2D eigenvalue weighted by Gasteiger charge is 1.84. The summed E-state index contributed by atoms with van der Waals surface area (Å²) in [5, 5.41) is 0. The SMILES string of the molecule is [NH][CH]CCCCCN. The molecule has 8 heavy (non-hydrogen) atoms. The summed E-state index contributed by atoms with van der Waals surface area (Å²) in [6, 6.07) is 0. The topological polar surface area (TPSA) is 49.8 Å². The van der Waals surface area contributed by atoms with E-state index in [0.29, 0.717) is 0 Å². The molecule has 0 saturated heterocycles. The van der Waals surface area contributed by atoms with Crippen LogP contribution >= 0.6 is 0 Å². The van der Waals surface area contributed by atoms with Gasteiger partial charge < -0.3 is 5.73 Å². The standard InChI is InChI=1S/C6H14N2/c7-5-3-1-2-4-6-8/h5,7H,1-4,6,8H2. The van der Waals surface area contributed by atoms with Crippen molar-refractivity contribution in [3.63, 3.8) is 0 Å². The Kier molecular flexibility index (Phi) is 6.85. The summed E-state index contributed by atoms with van der Waals surface area (Å²) in [5.74, 6) is 0. The minimum atomic E-state index is 0.790. The van der Waals surface area contributed by atoms with Crippen LogP contribution in [0.2, 0.25) is 0 Å². The van der Waals surface area contributed by atoms with E-state index in [-0.39, 0.29) is 0 Å². The molecule has 0 spiro atoms. The molecule has 3 N–H and O–H groups in total. The highest BCUT2D eigenvalue weighted by molar-refractivity contribution is 4.52. The molecule has 0 aliphatic carbocycles. The first-order chi connectivity index (χ1) is 3.91. The fourth-order valence-electron chi connectivity index (χ4n) is 0.568. The highest BCUT2D eigenvalue weighted by Crippen LogP contribution is 1.97. The van der Waals surface area contributed by atoms with Crippen LogP contribution in [-0.2, 0) is 0 Å². The molecule has 2 heteroatoms. The molecular weight excluding hydrogens is 100 g/mol. The number of nitrogens with two attached hydrogens (primary N) is 1. The maximum absolute atomic E-state index is 6.68. The van der Waals surface area contributed by atoms with Gasteiger partial charge in [-0.25, -0.2) is 0 Å². The summed E-state index contributed by atoms with van der Waals surface area (Å²) in [6.07, 6.45) is 4.32. The van der Waals surface area contributed by atoms with Crippen molar-refractivity contribution in [1.29, 1.82) is 0 Å². The lowest BCUT2D eigenvalue weighted by atomic mass is 10.2. The van der Waals surface area contributed by atoms with E-state index in [1.54, 1.807) is 0 Å². The third-order valence-electron chi connectivity index (χ3n) is 1.05. The molecule has 0 fully saturated rings. The Morgan fingerprint density at radius 1 is 1.25 bits per heavy atom. The molecule has 0 rings (SSSR count). The summed E-state index contributed by atoms with van der Waals surface area (Å²) in [5.41, 5.74) is 11.9. The lowest BCUT2D eigenvalue weighted by Gasteiger charge is -1.93. The average molecular weight is 114 g/mol. The first kappa shape index (κ1) is 7.92. The van der Waals surface area contributed by atoms with Gasteiger partial charge in [0.05, 0.1) is 0 Å². The molecule has 0 unspecified atom stereocenters. The molecule has 0 bridgehead atoms. The molecule has 0 atom stereocenters. The third-order valence-corrected chi connectivity index (χ3v) is 1.05. The van der Waals surface area contributed by atoms with Crippen molar-refractivity contribution >= 4 is 0 Å². The van der Waals surface area contributed by atoms with E-state index in [2.05, 4.69) is 0 Å². The molecular formula is C6H14N2. The van der Waals surface area contributed by atoms with E-state index in [4.69, 9.17) is 11.5 Å². The molecule has 0 aromatic carbocycles. The summed E-state index contributed by atoms with van der Waals surface area (Å²) in [7, 11) is 0. The Balaban J connectivity index is 2.53. The van der Waals surface area contributed by atoms with Gasteiger partial charge in [-0.15, -0.1) is 0 Å². The van der Waals surface area contributed by atoms with Gasteiger partial charge in [-0.05, 0) is 19.4 Å². The molecule has 0 amide bonds. The zero-order valence-electron chi connectivity index (χ0n) is 5.19. The van der Waals surface area contributed by atoms with Crippen molar-refractivity contribution < 1.29 is 0 Å². The van der Waals surface area contributed by atoms with Crippen molar-refractivity contribution in [2.24, 2.45) is 5.73 Å². The van der Waals surface area contributed by atoms with Gasteiger partial charge in [0.2, 0.25) is 0 Å². The van der Waals surface area contributed by atoms with E-state index in [1.807, 2.05) is 0 Å². The van der Waals surface area contributed by atoms with Gasteiger partial charge in [0.1, 0.15) is 0 Å². The molecule has 0 aromatic rings. The quantitative estimate of drug-likeness (QED) is 0.531. The monoisotopic (exact) mass is 114 g/mol. The van der Waals surface area contributed by atoms with Gasteiger partial charge in [0.15, 0.2) is 0 Å². The van der Waals surface area contributed by atoms with Gasteiger partial charge in [-0.2, -0.15) is 0 Å². The maximum atomic E-state index is 6.68. The normalized spacial score (nSPS) is 9.75. The van der Waals surface area contributed by atoms with Crippen LogP contribution in [0.1, 0.15) is 25.7 Å². The zero-order chi connectivity index (χ0) is 6.24. The number of unbranched alkanes of at least 4 members (excludes halogenated alkanes) is 3. The minimum Gasteiger partial charge on any atom is -0.330 e. The molecule has 0 saturated carbocycles. The van der Waals surface area contributed by atoms with E-state index >= 15 is 0 Å². The van der Waals surface area contributed by atoms with Crippen LogP contribution < -0.4 is 11.5 Å². The summed E-state index contributed by atoms with van der Waals surface area (Å²) < 4.78 is 0. The van der Waals surface area contributed by atoms with Gasteiger partial charge in [0.25, 0.3) is 0 Å². The maximum Gasteiger partial charge on any atom is 0.0380 e. The van der Waals surface area contributed by atoms with E-state index in [9.17, 15) is 0 Å². The Labute approximate surface area is 51.2 Å². The molecule has 2 nitrogen and oxygen atoms in total. The zero-order valence-corrected chi connectivity index (χ0v) is 5.19. The fourth-order valence-corrected chi connectivity index (χ4v) is 0.568. The average Bonchev–Trinajstić information content (AvgIpc) is 1.81. The second-order valence-electron chi connectivity index (χ2n) is 1.84. The second-order valence-corrected chi connectivity index (χ2v) is 1.84. The molecule has 48 valence electrons. The van der Waals surface area contributed by atoms with E-state index < -0.39 is 0 Å². The molecule has 0 aliphatic heterocycles. The Bertz CT molecular complexity index is 31.5. The molecule has 2 radical (unpaired) electrons. The van der Waals surface area contributed by atoms with Crippen LogP contribution in [0, 0.1) is 6.54 Å². The van der Waals surface area contributed by atoms with Crippen molar-refractivity contribution in [3.8, 4) is 0 Å². The predicted octanol–water partition coefficient (Wildman–Crippen LogP) is 0.950. The van der Waals surface area contributed by atoms with Crippen molar-refractivity contribution in [1.82, 2.24) is 5.73 Å². The minimum absolute atomic E-state index is 0.790. The predicted molar refractivity (Wildman–Crippen MR) is 34.9 cm³/mol. The van der Waals surface area contributed by atoms with Crippen molar-refractivity contribution in [3.05, 3.63) is 6.54 Å². The first-order valence-corrected chi connectivity index (χ1v) is 3.11. The Morgan fingerprint density at radius 3 is 2.50 bits per heavy atom. The van der Waals surface area contributed by atoms with Crippen LogP contribution in [-0.4, -0.2) is 6.54 Å². The number of hydrogen-bond acceptors (Lipinski definition) is 1. The van der Waals surface area contributed by atoms with Crippen LogP contribution in [0.5, 0.6) is 0 Å². The molecule has 0 aliphatic rings. The Morgan fingerprint density at radius 2 is 2.00 bits per heavy atom. The second kappa shape index (κ2) is 6.92. The summed E-state index contributed by atoms with van der Waals surface area (Å²) in [6.45, 7) is 2.24. The smallest absolute Gasteiger partial charge is 0.0380 e. The highest BCUT2D eigenvalue weighted by atomic mass is 14.5. The van der Waals surface area contributed by atoms with Crippen LogP contribution in [0.25, 0.3) is 0 Å². The fraction of sp³-hybridized carbons (Fsp3) is 0.833. The lowest BCUT2D eigenvalue weighted by molar-refractivity contribution is 0.677. The largest absolute Gasteiger partial charge is 0.330 e. The first-order valence-electron chi connectivity index (χ1n) is 3.11. The lowest BCUT2D eigenvalue weighted by Crippen LogP contribution is -1.97. The van der Waals surface area contributed by atoms with Crippen LogP contribution in [0.3, 0.4) is 0 Å². The third kappa shape index (κ3) is 5.92. The van der Waals surface area contributed by atoms with Gasteiger partial charge in [0, 0.05) is 6.54 Å².